The summed E-state index contributed by atoms with van der Waals surface area (Å²) in [6, 6.07) is 56.3. The molecule has 12 rings (SSSR count). The van der Waals surface area contributed by atoms with Crippen LogP contribution < -0.4 is 0 Å². The van der Waals surface area contributed by atoms with Crippen LogP contribution in [0.1, 0.15) is 29.3 Å². The first kappa shape index (κ1) is 30.7. The van der Waals surface area contributed by atoms with E-state index in [0.29, 0.717) is 11.6 Å². The molecule has 1 unspecified atom stereocenters. The van der Waals surface area contributed by atoms with Gasteiger partial charge in [-0.1, -0.05) is 140 Å². The molecular formula is C50H31N3OS. The van der Waals surface area contributed by atoms with Gasteiger partial charge in [0.25, 0.3) is 0 Å². The van der Waals surface area contributed by atoms with E-state index >= 15 is 0 Å². The third kappa shape index (κ3) is 4.66. The number of benzene rings is 8. The number of thiophene rings is 1. The molecule has 0 fully saturated rings. The monoisotopic (exact) mass is 721 g/mol. The number of aromatic nitrogens is 3. The number of hydrogen-bond donors (Lipinski definition) is 0. The first-order valence-electron chi connectivity index (χ1n) is 18.9. The number of fused-ring (bicyclic) bond motifs is 14. The normalized spacial score (nSPS) is 14.2. The lowest BCUT2D eigenvalue weighted by molar-refractivity contribution is 0.672. The van der Waals surface area contributed by atoms with Crippen molar-refractivity contribution < 1.29 is 4.42 Å². The van der Waals surface area contributed by atoms with Crippen molar-refractivity contribution in [1.82, 2.24) is 15.0 Å². The van der Waals surface area contributed by atoms with Crippen molar-refractivity contribution >= 4 is 75.0 Å². The molecule has 3 heterocycles. The maximum atomic E-state index is 6.77. The average Bonchev–Trinajstić information content (AvgIpc) is 3.76. The Balaban J connectivity index is 1.16. The summed E-state index contributed by atoms with van der Waals surface area (Å²) >= 11 is 1.79. The van der Waals surface area contributed by atoms with E-state index in [-0.39, 0.29) is 5.92 Å². The maximum absolute atomic E-state index is 6.77. The minimum Gasteiger partial charge on any atom is -0.455 e. The second-order valence-corrected chi connectivity index (χ2v) is 15.7. The molecule has 55 heavy (non-hydrogen) atoms. The zero-order valence-corrected chi connectivity index (χ0v) is 30.5. The highest BCUT2D eigenvalue weighted by Crippen LogP contribution is 2.49. The summed E-state index contributed by atoms with van der Waals surface area (Å²) in [6.45, 7) is 0. The quantitative estimate of drug-likeness (QED) is 0.182. The third-order valence-corrected chi connectivity index (χ3v) is 12.6. The Morgan fingerprint density at radius 1 is 0.527 bits per heavy atom. The molecule has 0 amide bonds. The van der Waals surface area contributed by atoms with Gasteiger partial charge in [-0.2, -0.15) is 0 Å². The molecule has 4 nitrogen and oxygen atoms in total. The summed E-state index contributed by atoms with van der Waals surface area (Å²) in [6.07, 6.45) is 1.77. The summed E-state index contributed by atoms with van der Waals surface area (Å²) in [5, 5.41) is 9.45. The minimum absolute atomic E-state index is 0.0698. The molecule has 0 spiro atoms. The predicted molar refractivity (Wildman–Crippen MR) is 228 cm³/mol. The largest absolute Gasteiger partial charge is 0.455 e. The molecule has 0 N–H and O–H groups in total. The van der Waals surface area contributed by atoms with Gasteiger partial charge in [0.1, 0.15) is 17.0 Å². The van der Waals surface area contributed by atoms with Gasteiger partial charge in [-0.25, -0.2) is 15.0 Å². The first-order chi connectivity index (χ1) is 27.3. The van der Waals surface area contributed by atoms with Crippen molar-refractivity contribution in [3.63, 3.8) is 0 Å². The van der Waals surface area contributed by atoms with Crippen LogP contribution in [0, 0.1) is 0 Å². The molecule has 1 aliphatic rings. The molecule has 3 aromatic heterocycles. The molecule has 0 bridgehead atoms. The van der Waals surface area contributed by atoms with Crippen LogP contribution in [0.3, 0.4) is 0 Å². The number of hydrogen-bond acceptors (Lipinski definition) is 5. The van der Waals surface area contributed by atoms with E-state index in [1.54, 1.807) is 11.3 Å². The van der Waals surface area contributed by atoms with Gasteiger partial charge in [0.2, 0.25) is 0 Å². The molecule has 0 radical (unpaired) electrons. The van der Waals surface area contributed by atoms with E-state index in [9.17, 15) is 0 Å². The zero-order valence-electron chi connectivity index (χ0n) is 29.7. The first-order valence-corrected chi connectivity index (χ1v) is 19.7. The van der Waals surface area contributed by atoms with E-state index in [1.807, 2.05) is 12.1 Å². The fourth-order valence-electron chi connectivity index (χ4n) is 9.06. The lowest BCUT2D eigenvalue weighted by atomic mass is 9.85. The fraction of sp³-hybridized carbons (Fsp3) is 0.0600. The SMILES string of the molecule is c1ccc(-c2nc(-c3cc4sc5ccccc5c4c4oc5ccccc5c34)nc(C3CCc4ccc5ccccc5c4-c4c3ccc3ccccc43)n2)cc1. The Bertz CT molecular complexity index is 3340. The van der Waals surface area contributed by atoms with Gasteiger partial charge in [-0.05, 0) is 74.8 Å². The number of nitrogens with zero attached hydrogens (tertiary/aromatic N) is 3. The van der Waals surface area contributed by atoms with Crippen LogP contribution in [0.25, 0.3) is 97.6 Å². The summed E-state index contributed by atoms with van der Waals surface area (Å²) in [5.41, 5.74) is 8.88. The zero-order chi connectivity index (χ0) is 36.0. The summed E-state index contributed by atoms with van der Waals surface area (Å²) in [7, 11) is 0. The second kappa shape index (κ2) is 11.9. The molecular weight excluding hydrogens is 691 g/mol. The summed E-state index contributed by atoms with van der Waals surface area (Å²) < 4.78 is 9.15. The van der Waals surface area contributed by atoms with E-state index in [2.05, 4.69) is 146 Å². The van der Waals surface area contributed by atoms with E-state index in [1.165, 1.54) is 53.9 Å². The van der Waals surface area contributed by atoms with Crippen molar-refractivity contribution in [3.05, 3.63) is 175 Å². The smallest absolute Gasteiger partial charge is 0.164 e. The lowest BCUT2D eigenvalue weighted by Crippen LogP contribution is -2.11. The molecule has 0 aliphatic heterocycles. The standard InChI is InChI=1S/C50H31N3OS/c1-2-14-32(15-3-1)48-51-49(36-27-25-31-23-22-29-12-4-6-16-33(29)43(31)44-34-17-7-5-13-30(34)24-26-35(36)44)53-50(52-48)39-28-42-46(38-19-9-11-21-41(38)55-42)47-45(39)37-18-8-10-20-40(37)54-47/h1-24,26,28,36H,25,27H2. The Labute approximate surface area is 320 Å². The van der Waals surface area contributed by atoms with Gasteiger partial charge in [0.05, 0.1) is 0 Å². The number of furan rings is 1. The highest BCUT2D eigenvalue weighted by Gasteiger charge is 2.30. The van der Waals surface area contributed by atoms with E-state index < -0.39 is 0 Å². The van der Waals surface area contributed by atoms with Crippen molar-refractivity contribution in [2.24, 2.45) is 0 Å². The lowest BCUT2D eigenvalue weighted by Gasteiger charge is -2.20. The van der Waals surface area contributed by atoms with Crippen molar-refractivity contribution in [2.75, 3.05) is 0 Å². The van der Waals surface area contributed by atoms with Gasteiger partial charge in [0, 0.05) is 48.0 Å². The maximum Gasteiger partial charge on any atom is 0.164 e. The summed E-state index contributed by atoms with van der Waals surface area (Å²) in [4.78, 5) is 16.2. The predicted octanol–water partition coefficient (Wildman–Crippen LogP) is 13.5. The van der Waals surface area contributed by atoms with Gasteiger partial charge in [-0.3, -0.25) is 0 Å². The van der Waals surface area contributed by atoms with Crippen molar-refractivity contribution in [2.45, 2.75) is 18.8 Å². The molecule has 11 aromatic rings. The van der Waals surface area contributed by atoms with Crippen LogP contribution in [0.4, 0.5) is 0 Å². The van der Waals surface area contributed by atoms with Crippen LogP contribution in [0.5, 0.6) is 0 Å². The Hall–Kier alpha value is -6.69. The Kier molecular flexibility index (Phi) is 6.65. The van der Waals surface area contributed by atoms with Gasteiger partial charge in [0.15, 0.2) is 11.6 Å². The van der Waals surface area contributed by atoms with Crippen molar-refractivity contribution in [3.8, 4) is 33.9 Å². The number of para-hydroxylation sites is 1. The van der Waals surface area contributed by atoms with E-state index in [4.69, 9.17) is 19.4 Å². The molecule has 258 valence electrons. The second-order valence-electron chi connectivity index (χ2n) is 14.6. The van der Waals surface area contributed by atoms with Crippen LogP contribution in [0.15, 0.2) is 162 Å². The van der Waals surface area contributed by atoms with Crippen LogP contribution in [-0.4, -0.2) is 15.0 Å². The third-order valence-electron chi connectivity index (χ3n) is 11.5. The highest BCUT2D eigenvalue weighted by atomic mass is 32.1. The molecule has 1 aliphatic carbocycles. The van der Waals surface area contributed by atoms with Gasteiger partial charge < -0.3 is 4.42 Å². The Morgan fingerprint density at radius 3 is 2.04 bits per heavy atom. The van der Waals surface area contributed by atoms with E-state index in [0.717, 1.165) is 61.8 Å². The van der Waals surface area contributed by atoms with Crippen LogP contribution >= 0.6 is 11.3 Å². The number of rotatable bonds is 3. The molecule has 5 heteroatoms. The fourth-order valence-corrected chi connectivity index (χ4v) is 10.2. The molecule has 0 saturated heterocycles. The Morgan fingerprint density at radius 2 is 1.20 bits per heavy atom. The number of aryl methyl sites for hydroxylation is 1. The van der Waals surface area contributed by atoms with Gasteiger partial charge in [-0.15, -0.1) is 11.3 Å². The van der Waals surface area contributed by atoms with Gasteiger partial charge >= 0.3 is 0 Å². The van der Waals surface area contributed by atoms with Crippen LogP contribution in [0.2, 0.25) is 0 Å². The van der Waals surface area contributed by atoms with Crippen molar-refractivity contribution in [1.29, 1.82) is 0 Å². The minimum atomic E-state index is -0.0698. The summed E-state index contributed by atoms with van der Waals surface area (Å²) in [5.74, 6) is 2.05. The molecule has 0 saturated carbocycles. The highest BCUT2D eigenvalue weighted by molar-refractivity contribution is 7.26. The molecule has 1 atom stereocenters. The topological polar surface area (TPSA) is 51.8 Å². The molecule has 8 aromatic carbocycles. The van der Waals surface area contributed by atoms with Crippen LogP contribution in [-0.2, 0) is 6.42 Å². The average molecular weight is 722 g/mol.